The number of rotatable bonds is 9. The molecule has 1 aromatic rings. The van der Waals surface area contributed by atoms with Crippen LogP contribution < -0.4 is 5.32 Å². The van der Waals surface area contributed by atoms with Crippen LogP contribution in [0.2, 0.25) is 0 Å². The van der Waals surface area contributed by atoms with Gasteiger partial charge in [0.15, 0.2) is 0 Å². The van der Waals surface area contributed by atoms with Crippen LogP contribution in [0.25, 0.3) is 0 Å². The summed E-state index contributed by atoms with van der Waals surface area (Å²) >= 11 is 0. The maximum Gasteiger partial charge on any atom is 0.0446 e. The van der Waals surface area contributed by atoms with Crippen LogP contribution in [0.15, 0.2) is 24.3 Å². The lowest BCUT2D eigenvalue weighted by molar-refractivity contribution is 0.200. The molecule has 1 rings (SSSR count). The highest BCUT2D eigenvalue weighted by atomic mass is 15.2. The Kier molecular flexibility index (Phi) is 7.98. The molecule has 1 atom stereocenters. The molecule has 0 bridgehead atoms. The van der Waals surface area contributed by atoms with Crippen molar-refractivity contribution in [2.24, 2.45) is 5.92 Å². The fourth-order valence-electron chi connectivity index (χ4n) is 2.80. The van der Waals surface area contributed by atoms with Crippen LogP contribution in [0.3, 0.4) is 0 Å². The van der Waals surface area contributed by atoms with E-state index in [4.69, 9.17) is 0 Å². The first-order valence-electron chi connectivity index (χ1n) is 8.48. The molecule has 0 amide bonds. The smallest absolute Gasteiger partial charge is 0.0446 e. The largest absolute Gasteiger partial charge is 0.312 e. The van der Waals surface area contributed by atoms with Crippen LogP contribution in [0.1, 0.15) is 58.2 Å². The van der Waals surface area contributed by atoms with E-state index < -0.39 is 0 Å². The molecule has 0 fully saturated rings. The third-order valence-electron chi connectivity index (χ3n) is 4.03. The molecule has 2 nitrogen and oxygen atoms in total. The third-order valence-corrected chi connectivity index (χ3v) is 4.03. The Hall–Kier alpha value is -0.860. The van der Waals surface area contributed by atoms with Crippen LogP contribution >= 0.6 is 0 Å². The zero-order valence-electron chi connectivity index (χ0n) is 14.8. The quantitative estimate of drug-likeness (QED) is 0.731. The number of hydrogen-bond acceptors (Lipinski definition) is 2. The first kappa shape index (κ1) is 18.2. The highest BCUT2D eigenvalue weighted by Crippen LogP contribution is 2.18. The summed E-state index contributed by atoms with van der Waals surface area (Å²) in [7, 11) is 2.07. The normalized spacial score (nSPS) is 13.4. The summed E-state index contributed by atoms with van der Waals surface area (Å²) in [6.07, 6.45) is 2.38. The summed E-state index contributed by atoms with van der Waals surface area (Å²) in [6, 6.07) is 10.2. The second kappa shape index (κ2) is 9.22. The van der Waals surface area contributed by atoms with Crippen molar-refractivity contribution in [3.8, 4) is 0 Å². The standard InChI is InChI=1S/C19H34N2/c1-7-12-21(16(4)5)14-19(20-6)18-10-8-17(9-11-18)13-15(2)3/h8-11,15-16,19-20H,7,12-14H2,1-6H3. The van der Waals surface area contributed by atoms with E-state index in [1.807, 2.05) is 0 Å². The number of nitrogens with zero attached hydrogens (tertiary/aromatic N) is 1. The number of likely N-dealkylation sites (N-methyl/N-ethyl adjacent to an activating group) is 1. The Morgan fingerprint density at radius 3 is 2.10 bits per heavy atom. The molecule has 0 saturated heterocycles. The summed E-state index contributed by atoms with van der Waals surface area (Å²) < 4.78 is 0. The van der Waals surface area contributed by atoms with Crippen LogP contribution in [0, 0.1) is 5.92 Å². The van der Waals surface area contributed by atoms with Gasteiger partial charge in [0.05, 0.1) is 0 Å². The van der Waals surface area contributed by atoms with Gasteiger partial charge in [-0.1, -0.05) is 45.0 Å². The van der Waals surface area contributed by atoms with Gasteiger partial charge >= 0.3 is 0 Å². The Bertz CT molecular complexity index is 381. The van der Waals surface area contributed by atoms with Gasteiger partial charge in [-0.25, -0.2) is 0 Å². The van der Waals surface area contributed by atoms with Crippen molar-refractivity contribution in [2.45, 2.75) is 59.5 Å². The first-order chi connectivity index (χ1) is 9.97. The van der Waals surface area contributed by atoms with Gasteiger partial charge in [0.1, 0.15) is 0 Å². The van der Waals surface area contributed by atoms with Gasteiger partial charge in [-0.3, -0.25) is 4.90 Å². The summed E-state index contributed by atoms with van der Waals surface area (Å²) in [5, 5.41) is 3.48. The molecule has 0 aliphatic heterocycles. The average molecular weight is 290 g/mol. The van der Waals surface area contributed by atoms with Gasteiger partial charge in [-0.15, -0.1) is 0 Å². The molecule has 0 aliphatic carbocycles. The molecule has 0 spiro atoms. The molecule has 120 valence electrons. The maximum absolute atomic E-state index is 3.48. The van der Waals surface area contributed by atoms with Gasteiger partial charge in [0, 0.05) is 18.6 Å². The van der Waals surface area contributed by atoms with Gasteiger partial charge in [-0.2, -0.15) is 0 Å². The van der Waals surface area contributed by atoms with E-state index in [1.54, 1.807) is 0 Å². The lowest BCUT2D eigenvalue weighted by Crippen LogP contribution is -2.38. The zero-order valence-corrected chi connectivity index (χ0v) is 14.8. The fourth-order valence-corrected chi connectivity index (χ4v) is 2.80. The van der Waals surface area contributed by atoms with E-state index in [1.165, 1.54) is 30.5 Å². The Balaban J connectivity index is 2.74. The number of hydrogen-bond donors (Lipinski definition) is 1. The molecule has 21 heavy (non-hydrogen) atoms. The van der Waals surface area contributed by atoms with E-state index in [0.29, 0.717) is 12.1 Å². The molecule has 0 radical (unpaired) electrons. The van der Waals surface area contributed by atoms with Crippen molar-refractivity contribution >= 4 is 0 Å². The third kappa shape index (κ3) is 6.19. The minimum absolute atomic E-state index is 0.409. The van der Waals surface area contributed by atoms with Crippen LogP contribution in [-0.4, -0.2) is 31.1 Å². The van der Waals surface area contributed by atoms with E-state index in [2.05, 4.69) is 76.1 Å². The molecule has 0 saturated carbocycles. The molecule has 0 aromatic heterocycles. The van der Waals surface area contributed by atoms with Crippen molar-refractivity contribution in [1.82, 2.24) is 10.2 Å². The first-order valence-corrected chi connectivity index (χ1v) is 8.48. The zero-order chi connectivity index (χ0) is 15.8. The summed E-state index contributed by atoms with van der Waals surface area (Å²) in [6.45, 7) is 13.6. The molecule has 1 unspecified atom stereocenters. The topological polar surface area (TPSA) is 15.3 Å². The fraction of sp³-hybridized carbons (Fsp3) is 0.684. The van der Waals surface area contributed by atoms with Crippen molar-refractivity contribution in [3.05, 3.63) is 35.4 Å². The second-order valence-electron chi connectivity index (χ2n) is 6.77. The molecular weight excluding hydrogens is 256 g/mol. The van der Waals surface area contributed by atoms with Crippen LogP contribution in [0.4, 0.5) is 0 Å². The van der Waals surface area contributed by atoms with Crippen molar-refractivity contribution in [2.75, 3.05) is 20.1 Å². The molecule has 0 aliphatic rings. The Morgan fingerprint density at radius 2 is 1.67 bits per heavy atom. The van der Waals surface area contributed by atoms with Gasteiger partial charge in [0.25, 0.3) is 0 Å². The van der Waals surface area contributed by atoms with Crippen molar-refractivity contribution < 1.29 is 0 Å². The van der Waals surface area contributed by atoms with Crippen LogP contribution in [-0.2, 0) is 6.42 Å². The predicted molar refractivity (Wildman–Crippen MR) is 93.8 cm³/mol. The highest BCUT2D eigenvalue weighted by Gasteiger charge is 2.16. The minimum Gasteiger partial charge on any atom is -0.312 e. The summed E-state index contributed by atoms with van der Waals surface area (Å²) in [4.78, 5) is 2.56. The summed E-state index contributed by atoms with van der Waals surface area (Å²) in [5.41, 5.74) is 2.84. The molecule has 0 heterocycles. The van der Waals surface area contributed by atoms with Crippen molar-refractivity contribution in [1.29, 1.82) is 0 Å². The molecule has 1 aromatic carbocycles. The Morgan fingerprint density at radius 1 is 1.05 bits per heavy atom. The average Bonchev–Trinajstić information content (AvgIpc) is 2.43. The molecule has 2 heteroatoms. The lowest BCUT2D eigenvalue weighted by atomic mass is 9.99. The van der Waals surface area contributed by atoms with Gasteiger partial charge in [-0.05, 0) is 57.3 Å². The van der Waals surface area contributed by atoms with Crippen LogP contribution in [0.5, 0.6) is 0 Å². The number of nitrogens with one attached hydrogen (secondary N) is 1. The van der Waals surface area contributed by atoms with Gasteiger partial charge < -0.3 is 5.32 Å². The molecule has 1 N–H and O–H groups in total. The second-order valence-corrected chi connectivity index (χ2v) is 6.77. The highest BCUT2D eigenvalue weighted by molar-refractivity contribution is 5.25. The lowest BCUT2D eigenvalue weighted by Gasteiger charge is -2.30. The monoisotopic (exact) mass is 290 g/mol. The predicted octanol–water partition coefficient (Wildman–Crippen LogP) is 4.27. The van der Waals surface area contributed by atoms with E-state index in [0.717, 1.165) is 12.5 Å². The number of benzene rings is 1. The molecular formula is C19H34N2. The van der Waals surface area contributed by atoms with Gasteiger partial charge in [0.2, 0.25) is 0 Å². The van der Waals surface area contributed by atoms with Crippen molar-refractivity contribution in [3.63, 3.8) is 0 Å². The van der Waals surface area contributed by atoms with E-state index in [9.17, 15) is 0 Å². The maximum atomic E-state index is 3.48. The summed E-state index contributed by atoms with van der Waals surface area (Å²) in [5.74, 6) is 0.719. The van der Waals surface area contributed by atoms with E-state index in [-0.39, 0.29) is 0 Å². The SMILES string of the molecule is CCCN(CC(NC)c1ccc(CC(C)C)cc1)C(C)C. The minimum atomic E-state index is 0.409. The Labute approximate surface area is 131 Å². The van der Waals surface area contributed by atoms with E-state index >= 15 is 0 Å².